The van der Waals surface area contributed by atoms with Crippen molar-refractivity contribution in [1.82, 2.24) is 10.9 Å². The van der Waals surface area contributed by atoms with Gasteiger partial charge >= 0.3 is 0 Å². The number of carbonyl (C=O) groups excluding carboxylic acids is 1. The second kappa shape index (κ2) is 8.58. The number of methoxy groups -OCH3 is 1. The number of ether oxygens (including phenoxy) is 2. The molecule has 0 heterocycles. The number of carbonyl (C=O) groups is 1. The van der Waals surface area contributed by atoms with Crippen molar-refractivity contribution in [1.29, 1.82) is 0 Å². The molecular weight excluding hydrogens is 330 g/mol. The Balaban J connectivity index is 1.57. The Hall–Kier alpha value is -2.73. The van der Waals surface area contributed by atoms with Crippen LogP contribution < -0.4 is 26.1 Å². The first-order valence-corrected chi connectivity index (χ1v) is 8.88. The van der Waals surface area contributed by atoms with Gasteiger partial charge in [-0.25, -0.2) is 5.43 Å². The molecule has 0 saturated heterocycles. The van der Waals surface area contributed by atoms with Crippen LogP contribution in [0.25, 0.3) is 0 Å². The van der Waals surface area contributed by atoms with Gasteiger partial charge in [-0.2, -0.15) is 0 Å². The Morgan fingerprint density at radius 3 is 2.54 bits per heavy atom. The number of anilines is 1. The molecule has 1 fully saturated rings. The fourth-order valence-corrected chi connectivity index (χ4v) is 3.04. The fourth-order valence-electron chi connectivity index (χ4n) is 3.04. The van der Waals surface area contributed by atoms with Gasteiger partial charge in [-0.3, -0.25) is 10.2 Å². The number of benzene rings is 2. The predicted molar refractivity (Wildman–Crippen MR) is 101 cm³/mol. The van der Waals surface area contributed by atoms with Crippen molar-refractivity contribution in [3.05, 3.63) is 53.6 Å². The number of rotatable bonds is 7. The predicted octanol–water partition coefficient (Wildman–Crippen LogP) is 3.03. The minimum Gasteiger partial charge on any atom is -0.493 e. The quantitative estimate of drug-likeness (QED) is 0.525. The number of hydrazine groups is 1. The molecule has 2 aromatic carbocycles. The first-order chi connectivity index (χ1) is 12.7. The minimum atomic E-state index is -0.207. The van der Waals surface area contributed by atoms with Crippen molar-refractivity contribution in [2.75, 3.05) is 12.8 Å². The third-order valence-corrected chi connectivity index (χ3v) is 4.49. The third kappa shape index (κ3) is 4.67. The normalized spacial score (nSPS) is 14.2. The second-order valence-corrected chi connectivity index (χ2v) is 6.44. The maximum atomic E-state index is 12.1. The summed E-state index contributed by atoms with van der Waals surface area (Å²) in [4.78, 5) is 12.1. The summed E-state index contributed by atoms with van der Waals surface area (Å²) >= 11 is 0. The molecule has 1 aliphatic rings. The van der Waals surface area contributed by atoms with Gasteiger partial charge in [-0.1, -0.05) is 6.07 Å². The minimum absolute atomic E-state index is 0.207. The average molecular weight is 355 g/mol. The lowest BCUT2D eigenvalue weighted by Gasteiger charge is -2.17. The van der Waals surface area contributed by atoms with Gasteiger partial charge in [0.15, 0.2) is 11.5 Å². The van der Waals surface area contributed by atoms with Gasteiger partial charge in [-0.05, 0) is 67.6 Å². The third-order valence-electron chi connectivity index (χ3n) is 4.49. The zero-order chi connectivity index (χ0) is 18.4. The van der Waals surface area contributed by atoms with E-state index in [-0.39, 0.29) is 12.0 Å². The number of hydrogen-bond acceptors (Lipinski definition) is 5. The van der Waals surface area contributed by atoms with E-state index in [4.69, 9.17) is 15.2 Å². The smallest absolute Gasteiger partial charge is 0.265 e. The fraction of sp³-hybridized carbons (Fsp3) is 0.350. The highest BCUT2D eigenvalue weighted by Crippen LogP contribution is 2.32. The summed E-state index contributed by atoms with van der Waals surface area (Å²) in [6.45, 7) is 0.478. The van der Waals surface area contributed by atoms with Gasteiger partial charge < -0.3 is 15.2 Å². The first kappa shape index (κ1) is 18.1. The van der Waals surface area contributed by atoms with Crippen LogP contribution >= 0.6 is 0 Å². The van der Waals surface area contributed by atoms with Crippen LogP contribution in [0.3, 0.4) is 0 Å². The van der Waals surface area contributed by atoms with E-state index < -0.39 is 0 Å². The second-order valence-electron chi connectivity index (χ2n) is 6.44. The van der Waals surface area contributed by atoms with Crippen LogP contribution in [0.5, 0.6) is 11.5 Å². The summed E-state index contributed by atoms with van der Waals surface area (Å²) in [5.74, 6) is 1.27. The maximum Gasteiger partial charge on any atom is 0.265 e. The summed E-state index contributed by atoms with van der Waals surface area (Å²) < 4.78 is 11.5. The van der Waals surface area contributed by atoms with Crippen molar-refractivity contribution in [3.8, 4) is 11.5 Å². The number of nitrogens with two attached hydrogens (primary N) is 1. The van der Waals surface area contributed by atoms with Crippen molar-refractivity contribution in [2.45, 2.75) is 38.3 Å². The van der Waals surface area contributed by atoms with Crippen LogP contribution in [0.1, 0.15) is 41.6 Å². The standard InChI is InChI=1S/C20H25N3O3/c1-25-18-11-6-14(12-19(18)26-17-4-2-3-5-17)13-22-23-20(24)15-7-9-16(21)10-8-15/h6-12,17,22H,2-5,13,21H2,1H3,(H,23,24). The Kier molecular flexibility index (Phi) is 5.96. The van der Waals surface area contributed by atoms with E-state index in [9.17, 15) is 4.79 Å². The molecule has 138 valence electrons. The average Bonchev–Trinajstić information content (AvgIpc) is 3.15. The van der Waals surface area contributed by atoms with Gasteiger partial charge in [0.05, 0.1) is 13.2 Å². The van der Waals surface area contributed by atoms with E-state index >= 15 is 0 Å². The van der Waals surface area contributed by atoms with Gasteiger partial charge in [0.1, 0.15) is 0 Å². The highest BCUT2D eigenvalue weighted by atomic mass is 16.5. The molecule has 0 atom stereocenters. The Bertz CT molecular complexity index is 740. The summed E-state index contributed by atoms with van der Waals surface area (Å²) in [6, 6.07) is 12.6. The summed E-state index contributed by atoms with van der Waals surface area (Å²) in [5, 5.41) is 0. The monoisotopic (exact) mass is 355 g/mol. The number of nitrogens with one attached hydrogen (secondary N) is 2. The summed E-state index contributed by atoms with van der Waals surface area (Å²) in [5.41, 5.74) is 13.4. The molecule has 6 heteroatoms. The van der Waals surface area contributed by atoms with E-state index in [0.717, 1.165) is 29.9 Å². The van der Waals surface area contributed by atoms with Gasteiger partial charge in [0, 0.05) is 17.8 Å². The molecule has 6 nitrogen and oxygen atoms in total. The lowest BCUT2D eigenvalue weighted by Crippen LogP contribution is -2.36. The lowest BCUT2D eigenvalue weighted by atomic mass is 10.2. The van der Waals surface area contributed by atoms with Crippen LogP contribution in [0.2, 0.25) is 0 Å². The van der Waals surface area contributed by atoms with Crippen molar-refractivity contribution in [2.24, 2.45) is 0 Å². The molecule has 0 aliphatic heterocycles. The molecule has 1 saturated carbocycles. The SMILES string of the molecule is COc1ccc(CNNC(=O)c2ccc(N)cc2)cc1OC1CCCC1. The molecule has 0 aromatic heterocycles. The highest BCUT2D eigenvalue weighted by molar-refractivity contribution is 5.94. The number of nitrogen functional groups attached to an aromatic ring is 1. The first-order valence-electron chi connectivity index (χ1n) is 8.88. The molecule has 2 aromatic rings. The van der Waals surface area contributed by atoms with Crippen LogP contribution in [-0.2, 0) is 6.54 Å². The molecule has 4 N–H and O–H groups in total. The van der Waals surface area contributed by atoms with E-state index in [0.29, 0.717) is 17.8 Å². The van der Waals surface area contributed by atoms with Crippen molar-refractivity contribution < 1.29 is 14.3 Å². The van der Waals surface area contributed by atoms with E-state index in [2.05, 4.69) is 10.9 Å². The molecule has 1 aliphatic carbocycles. The van der Waals surface area contributed by atoms with E-state index in [1.165, 1.54) is 12.8 Å². The number of amides is 1. The Morgan fingerprint density at radius 2 is 1.85 bits per heavy atom. The summed E-state index contributed by atoms with van der Waals surface area (Å²) in [7, 11) is 1.64. The molecule has 0 radical (unpaired) electrons. The van der Waals surface area contributed by atoms with Crippen molar-refractivity contribution >= 4 is 11.6 Å². The highest BCUT2D eigenvalue weighted by Gasteiger charge is 2.18. The van der Waals surface area contributed by atoms with Crippen LogP contribution in [0, 0.1) is 0 Å². The van der Waals surface area contributed by atoms with Gasteiger partial charge in [-0.15, -0.1) is 0 Å². The molecule has 3 rings (SSSR count). The zero-order valence-corrected chi connectivity index (χ0v) is 15.0. The molecule has 0 bridgehead atoms. The molecule has 26 heavy (non-hydrogen) atoms. The Labute approximate surface area is 153 Å². The number of hydrogen-bond donors (Lipinski definition) is 3. The topological polar surface area (TPSA) is 85.6 Å². The maximum absolute atomic E-state index is 12.1. The Morgan fingerprint density at radius 1 is 1.12 bits per heavy atom. The zero-order valence-electron chi connectivity index (χ0n) is 15.0. The van der Waals surface area contributed by atoms with Crippen LogP contribution in [-0.4, -0.2) is 19.1 Å². The van der Waals surface area contributed by atoms with Gasteiger partial charge in [0.25, 0.3) is 5.91 Å². The van der Waals surface area contributed by atoms with E-state index in [1.54, 1.807) is 31.4 Å². The molecular formula is C20H25N3O3. The van der Waals surface area contributed by atoms with Crippen LogP contribution in [0.15, 0.2) is 42.5 Å². The largest absolute Gasteiger partial charge is 0.493 e. The van der Waals surface area contributed by atoms with E-state index in [1.807, 2.05) is 18.2 Å². The molecule has 0 spiro atoms. The summed E-state index contributed by atoms with van der Waals surface area (Å²) in [6.07, 6.45) is 4.86. The van der Waals surface area contributed by atoms with Crippen LogP contribution in [0.4, 0.5) is 5.69 Å². The lowest BCUT2D eigenvalue weighted by molar-refractivity contribution is 0.0932. The van der Waals surface area contributed by atoms with Crippen molar-refractivity contribution in [3.63, 3.8) is 0 Å². The molecule has 0 unspecified atom stereocenters. The van der Waals surface area contributed by atoms with Gasteiger partial charge in [0.2, 0.25) is 0 Å². The molecule has 1 amide bonds.